The van der Waals surface area contributed by atoms with E-state index in [0.717, 1.165) is 0 Å². The second-order valence-electron chi connectivity index (χ2n) is 9.39. The predicted octanol–water partition coefficient (Wildman–Crippen LogP) is 3.34. The molecule has 154 valence electrons. The van der Waals surface area contributed by atoms with Crippen molar-refractivity contribution in [3.8, 4) is 0 Å². The Labute approximate surface area is 159 Å². The van der Waals surface area contributed by atoms with Crippen LogP contribution in [0.2, 0.25) is 0 Å². The lowest BCUT2D eigenvalue weighted by atomic mass is 9.47. The van der Waals surface area contributed by atoms with Gasteiger partial charge in [-0.2, -0.15) is 0 Å². The molecule has 0 fully saturated rings. The number of nitrogens with zero attached hydrogens (tertiary/aromatic N) is 1. The highest BCUT2D eigenvalue weighted by atomic mass is 16.6. The third kappa shape index (κ3) is 4.77. The summed E-state index contributed by atoms with van der Waals surface area (Å²) in [5.41, 5.74) is -3.04. The summed E-state index contributed by atoms with van der Waals surface area (Å²) >= 11 is 0. The summed E-state index contributed by atoms with van der Waals surface area (Å²) in [5, 5.41) is 0. The first-order chi connectivity index (χ1) is 11.6. The quantitative estimate of drug-likeness (QED) is 0.351. The minimum Gasteiger partial charge on any atom is -0.463 e. The molecule has 0 aromatic heterocycles. The second kappa shape index (κ2) is 8.70. The Morgan fingerprint density at radius 1 is 0.808 bits per heavy atom. The van der Waals surface area contributed by atoms with Gasteiger partial charge in [-0.3, -0.25) is 14.5 Å². The van der Waals surface area contributed by atoms with Gasteiger partial charge in [-0.15, -0.1) is 0 Å². The van der Waals surface area contributed by atoms with Crippen LogP contribution in [0.4, 0.5) is 0 Å². The van der Waals surface area contributed by atoms with Crippen molar-refractivity contribution in [2.75, 3.05) is 41.1 Å². The van der Waals surface area contributed by atoms with E-state index in [-0.39, 0.29) is 25.3 Å². The number of ether oxygens (including phenoxy) is 3. The maximum Gasteiger partial charge on any atom is 0.313 e. The summed E-state index contributed by atoms with van der Waals surface area (Å²) in [4.78, 5) is 27.8. The van der Waals surface area contributed by atoms with Crippen molar-refractivity contribution in [2.24, 2.45) is 21.7 Å². The van der Waals surface area contributed by atoms with Gasteiger partial charge in [-0.05, 0) is 45.7 Å². The van der Waals surface area contributed by atoms with Crippen LogP contribution in [0.5, 0.6) is 0 Å². The van der Waals surface area contributed by atoms with Crippen LogP contribution in [-0.2, 0) is 23.8 Å². The van der Waals surface area contributed by atoms with Gasteiger partial charge in [0.2, 0.25) is 0 Å². The van der Waals surface area contributed by atoms with E-state index in [4.69, 9.17) is 14.2 Å². The molecule has 0 amide bonds. The first-order valence-electron chi connectivity index (χ1n) is 9.05. The summed E-state index contributed by atoms with van der Waals surface area (Å²) in [6.07, 6.45) is 0. The molecule has 0 N–H and O–H groups in total. The third-order valence-corrected chi connectivity index (χ3v) is 6.21. The van der Waals surface area contributed by atoms with Crippen molar-refractivity contribution in [3.05, 3.63) is 0 Å². The van der Waals surface area contributed by atoms with E-state index >= 15 is 0 Å². The third-order valence-electron chi connectivity index (χ3n) is 6.21. The fraction of sp³-hybridized carbons (Fsp3) is 0.900. The molecule has 26 heavy (non-hydrogen) atoms. The summed E-state index contributed by atoms with van der Waals surface area (Å²) < 4.78 is 15.9. The molecule has 0 aromatic rings. The Morgan fingerprint density at radius 2 is 1.31 bits per heavy atom. The van der Waals surface area contributed by atoms with E-state index < -0.39 is 21.7 Å². The van der Waals surface area contributed by atoms with Crippen molar-refractivity contribution in [3.63, 3.8) is 0 Å². The summed E-state index contributed by atoms with van der Waals surface area (Å²) in [7, 11) is 5.22. The number of carbonyl (C=O) groups is 2. The molecule has 0 radical (unpaired) electrons. The van der Waals surface area contributed by atoms with Crippen molar-refractivity contribution >= 4 is 11.9 Å². The van der Waals surface area contributed by atoms with Crippen LogP contribution in [0, 0.1) is 21.7 Å². The zero-order valence-electron chi connectivity index (χ0n) is 18.6. The minimum absolute atomic E-state index is 0.183. The average Bonchev–Trinajstić information content (AvgIpc) is 2.49. The van der Waals surface area contributed by atoms with Gasteiger partial charge in [0.25, 0.3) is 0 Å². The van der Waals surface area contributed by atoms with Gasteiger partial charge in [0.15, 0.2) is 0 Å². The molecule has 0 aliphatic carbocycles. The van der Waals surface area contributed by atoms with E-state index in [1.165, 1.54) is 0 Å². The molecular formula is C20H39NO5. The summed E-state index contributed by atoms with van der Waals surface area (Å²) in [5.74, 6) is -0.670. The molecular weight excluding hydrogens is 334 g/mol. The van der Waals surface area contributed by atoms with Crippen molar-refractivity contribution in [2.45, 2.75) is 55.4 Å². The van der Waals surface area contributed by atoms with Crippen molar-refractivity contribution in [1.82, 2.24) is 4.90 Å². The average molecular weight is 374 g/mol. The molecule has 0 saturated heterocycles. The zero-order chi connectivity index (χ0) is 21.0. The highest BCUT2D eigenvalue weighted by molar-refractivity contribution is 5.83. The molecule has 0 spiro atoms. The maximum absolute atomic E-state index is 13.1. The summed E-state index contributed by atoms with van der Waals surface area (Å²) in [6.45, 7) is 16.1. The lowest BCUT2D eigenvalue weighted by molar-refractivity contribution is -0.195. The number of rotatable bonds is 9. The fourth-order valence-electron chi connectivity index (χ4n) is 3.11. The Bertz CT molecular complexity index is 491. The Kier molecular flexibility index (Phi) is 8.32. The van der Waals surface area contributed by atoms with Crippen LogP contribution in [0.3, 0.4) is 0 Å². The van der Waals surface area contributed by atoms with Gasteiger partial charge in [0, 0.05) is 7.11 Å². The largest absolute Gasteiger partial charge is 0.463 e. The van der Waals surface area contributed by atoms with E-state index in [9.17, 15) is 9.59 Å². The highest BCUT2D eigenvalue weighted by Crippen LogP contribution is 2.60. The van der Waals surface area contributed by atoms with Crippen molar-refractivity contribution in [1.29, 1.82) is 0 Å². The van der Waals surface area contributed by atoms with E-state index in [0.29, 0.717) is 6.61 Å². The first kappa shape index (κ1) is 24.9. The molecule has 0 rings (SSSR count). The van der Waals surface area contributed by atoms with Gasteiger partial charge in [-0.1, -0.05) is 34.6 Å². The molecule has 0 aliphatic heterocycles. The SMILES string of the molecule is COCCOC(=O)C(C)(C(C)(C)C)C(C)(C)C(C)(C)C(=O)OCN(C)C. The molecule has 0 heterocycles. The monoisotopic (exact) mass is 373 g/mol. The van der Waals surface area contributed by atoms with E-state index in [1.807, 2.05) is 69.5 Å². The normalized spacial score (nSPS) is 15.5. The number of carbonyl (C=O) groups excluding carboxylic acids is 2. The molecule has 0 aromatic carbocycles. The number of methoxy groups -OCH3 is 1. The molecule has 0 bridgehead atoms. The van der Waals surface area contributed by atoms with Gasteiger partial charge < -0.3 is 14.2 Å². The van der Waals surface area contributed by atoms with Crippen LogP contribution in [0.25, 0.3) is 0 Å². The maximum atomic E-state index is 13.1. The topological polar surface area (TPSA) is 65.1 Å². The van der Waals surface area contributed by atoms with E-state index in [1.54, 1.807) is 12.0 Å². The second-order valence-corrected chi connectivity index (χ2v) is 9.39. The summed E-state index contributed by atoms with van der Waals surface area (Å²) in [6, 6.07) is 0. The van der Waals surface area contributed by atoms with Gasteiger partial charge >= 0.3 is 11.9 Å². The Morgan fingerprint density at radius 3 is 1.69 bits per heavy atom. The van der Waals surface area contributed by atoms with Crippen LogP contribution >= 0.6 is 0 Å². The lowest BCUT2D eigenvalue weighted by Gasteiger charge is -2.56. The van der Waals surface area contributed by atoms with Gasteiger partial charge in [-0.25, -0.2) is 0 Å². The van der Waals surface area contributed by atoms with Crippen LogP contribution < -0.4 is 0 Å². The predicted molar refractivity (Wildman–Crippen MR) is 103 cm³/mol. The Hall–Kier alpha value is -1.14. The smallest absolute Gasteiger partial charge is 0.313 e. The number of esters is 2. The van der Waals surface area contributed by atoms with Crippen molar-refractivity contribution < 1.29 is 23.8 Å². The van der Waals surface area contributed by atoms with Crippen LogP contribution in [-0.4, -0.2) is 58.0 Å². The molecule has 1 atom stereocenters. The first-order valence-corrected chi connectivity index (χ1v) is 9.05. The van der Waals surface area contributed by atoms with Gasteiger partial charge in [0.1, 0.15) is 13.3 Å². The molecule has 0 aliphatic rings. The zero-order valence-corrected chi connectivity index (χ0v) is 18.6. The molecule has 6 heteroatoms. The lowest BCUT2D eigenvalue weighted by Crippen LogP contribution is -2.59. The molecule has 0 saturated carbocycles. The van der Waals surface area contributed by atoms with E-state index in [2.05, 4.69) is 0 Å². The fourth-order valence-corrected chi connectivity index (χ4v) is 3.11. The van der Waals surface area contributed by atoms with Crippen LogP contribution in [0.15, 0.2) is 0 Å². The molecule has 1 unspecified atom stereocenters. The Balaban J connectivity index is 5.91. The number of hydrogen-bond acceptors (Lipinski definition) is 6. The minimum atomic E-state index is -0.936. The van der Waals surface area contributed by atoms with Gasteiger partial charge in [0.05, 0.1) is 17.4 Å². The van der Waals surface area contributed by atoms with Crippen LogP contribution in [0.1, 0.15) is 55.4 Å². The number of hydrogen-bond donors (Lipinski definition) is 0. The standard InChI is InChI=1S/C20H39NO5/c1-17(2,3)20(8,16(23)25-13-12-24-11)19(6,7)18(4,5)15(22)26-14-21(9)10/h12-14H2,1-11H3. The molecule has 6 nitrogen and oxygen atoms in total. The highest BCUT2D eigenvalue weighted by Gasteiger charge is 2.63.